The summed E-state index contributed by atoms with van der Waals surface area (Å²) in [7, 11) is 1.63. The number of carbonyl (C=O) groups is 1. The standard InChI is InChI=1S/C23H29N7O3/c1-23(2,3)33-22(31)29-11-9-16(10-12-29)13-26-28-20-19-14-27-30(21(19)25-15-24-20)17-5-7-18(32-4)8-6-17/h5-8,13-16H,9-12H2,1-4H3,(H,24,25,28). The normalized spacial score (nSPS) is 15.2. The van der Waals surface area contributed by atoms with Crippen molar-refractivity contribution in [2.75, 3.05) is 25.6 Å². The Bertz CT molecular complexity index is 1130. The summed E-state index contributed by atoms with van der Waals surface area (Å²) in [4.78, 5) is 22.7. The Morgan fingerprint density at radius 3 is 2.58 bits per heavy atom. The van der Waals surface area contributed by atoms with Gasteiger partial charge in [0.05, 0.1) is 24.4 Å². The van der Waals surface area contributed by atoms with Gasteiger partial charge in [0, 0.05) is 19.3 Å². The van der Waals surface area contributed by atoms with Gasteiger partial charge in [0.25, 0.3) is 0 Å². The Morgan fingerprint density at radius 1 is 1.18 bits per heavy atom. The minimum absolute atomic E-state index is 0.256. The predicted octanol–water partition coefficient (Wildman–Crippen LogP) is 3.87. The Kier molecular flexibility index (Phi) is 6.43. The van der Waals surface area contributed by atoms with Gasteiger partial charge in [-0.25, -0.2) is 19.4 Å². The number of carbonyl (C=O) groups excluding carboxylic acids is 1. The van der Waals surface area contributed by atoms with Crippen LogP contribution in [0.3, 0.4) is 0 Å². The van der Waals surface area contributed by atoms with Crippen molar-refractivity contribution in [3.8, 4) is 11.4 Å². The SMILES string of the molecule is COc1ccc(-n2ncc3c(NN=CC4CCN(C(=O)OC(C)(C)C)CC4)ncnc32)cc1. The minimum Gasteiger partial charge on any atom is -0.497 e. The van der Waals surface area contributed by atoms with E-state index in [2.05, 4.69) is 25.6 Å². The van der Waals surface area contributed by atoms with Gasteiger partial charge in [-0.2, -0.15) is 10.2 Å². The molecular weight excluding hydrogens is 422 g/mol. The first-order valence-corrected chi connectivity index (χ1v) is 10.9. The number of aromatic nitrogens is 4. The Labute approximate surface area is 192 Å². The molecule has 0 aliphatic carbocycles. The van der Waals surface area contributed by atoms with E-state index in [0.717, 1.165) is 29.7 Å². The van der Waals surface area contributed by atoms with Crippen LogP contribution < -0.4 is 10.2 Å². The molecule has 1 saturated heterocycles. The Morgan fingerprint density at radius 2 is 1.91 bits per heavy atom. The van der Waals surface area contributed by atoms with Gasteiger partial charge in [-0.15, -0.1) is 0 Å². The molecular formula is C23H29N7O3. The number of rotatable bonds is 5. The summed E-state index contributed by atoms with van der Waals surface area (Å²) < 4.78 is 12.4. The highest BCUT2D eigenvalue weighted by molar-refractivity contribution is 5.87. The van der Waals surface area contributed by atoms with Crippen molar-refractivity contribution in [2.45, 2.75) is 39.2 Å². The summed E-state index contributed by atoms with van der Waals surface area (Å²) in [5.41, 5.74) is 4.09. The zero-order valence-corrected chi connectivity index (χ0v) is 19.4. The highest BCUT2D eigenvalue weighted by atomic mass is 16.6. The molecule has 0 radical (unpaired) electrons. The van der Waals surface area contributed by atoms with E-state index in [1.807, 2.05) is 51.3 Å². The summed E-state index contributed by atoms with van der Waals surface area (Å²) in [5.74, 6) is 1.64. The molecule has 0 unspecified atom stereocenters. The Hall–Kier alpha value is -3.69. The van der Waals surface area contributed by atoms with E-state index in [0.29, 0.717) is 24.6 Å². The number of nitrogens with one attached hydrogen (secondary N) is 1. The van der Waals surface area contributed by atoms with Gasteiger partial charge in [0.2, 0.25) is 0 Å². The van der Waals surface area contributed by atoms with E-state index in [1.54, 1.807) is 22.9 Å². The lowest BCUT2D eigenvalue weighted by molar-refractivity contribution is 0.0203. The molecule has 1 fully saturated rings. The van der Waals surface area contributed by atoms with Crippen LogP contribution in [0.1, 0.15) is 33.6 Å². The third-order valence-corrected chi connectivity index (χ3v) is 5.33. The third-order valence-electron chi connectivity index (χ3n) is 5.33. The number of likely N-dealkylation sites (tertiary alicyclic amines) is 1. The number of hydrogen-bond acceptors (Lipinski definition) is 8. The molecule has 3 aromatic rings. The number of hydrogen-bond donors (Lipinski definition) is 1. The molecule has 0 saturated carbocycles. The lowest BCUT2D eigenvalue weighted by atomic mass is 9.99. The van der Waals surface area contributed by atoms with Crippen LogP contribution in [0.4, 0.5) is 10.6 Å². The quantitative estimate of drug-likeness (QED) is 0.463. The molecule has 4 rings (SSSR count). The number of amides is 1. The first kappa shape index (κ1) is 22.5. The molecule has 10 nitrogen and oxygen atoms in total. The van der Waals surface area contributed by atoms with Crippen LogP contribution in [0.5, 0.6) is 5.75 Å². The number of nitrogens with zero attached hydrogens (tertiary/aromatic N) is 6. The van der Waals surface area contributed by atoms with Gasteiger partial charge < -0.3 is 14.4 Å². The molecule has 1 aliphatic heterocycles. The number of benzene rings is 1. The zero-order chi connectivity index (χ0) is 23.4. The summed E-state index contributed by atoms with van der Waals surface area (Å²) >= 11 is 0. The Balaban J connectivity index is 1.38. The number of methoxy groups -OCH3 is 1. The average Bonchev–Trinajstić information content (AvgIpc) is 3.23. The molecule has 1 amide bonds. The lowest BCUT2D eigenvalue weighted by Gasteiger charge is -2.32. The fourth-order valence-corrected chi connectivity index (χ4v) is 3.61. The molecule has 33 heavy (non-hydrogen) atoms. The lowest BCUT2D eigenvalue weighted by Crippen LogP contribution is -2.42. The zero-order valence-electron chi connectivity index (χ0n) is 19.4. The monoisotopic (exact) mass is 451 g/mol. The minimum atomic E-state index is -0.483. The maximum atomic E-state index is 12.2. The molecule has 1 aliphatic rings. The average molecular weight is 452 g/mol. The molecule has 0 atom stereocenters. The first-order chi connectivity index (χ1) is 15.8. The van der Waals surface area contributed by atoms with E-state index in [9.17, 15) is 4.79 Å². The van der Waals surface area contributed by atoms with Gasteiger partial charge in [-0.3, -0.25) is 5.43 Å². The van der Waals surface area contributed by atoms with Gasteiger partial charge >= 0.3 is 6.09 Å². The van der Waals surface area contributed by atoms with Crippen LogP contribution in [0.15, 0.2) is 41.9 Å². The highest BCUT2D eigenvalue weighted by Gasteiger charge is 2.26. The molecule has 10 heteroatoms. The van der Waals surface area contributed by atoms with Crippen LogP contribution in [-0.2, 0) is 4.74 Å². The number of anilines is 1. The maximum absolute atomic E-state index is 12.2. The van der Waals surface area contributed by atoms with Crippen LogP contribution in [-0.4, -0.2) is 62.8 Å². The van der Waals surface area contributed by atoms with Crippen LogP contribution >= 0.6 is 0 Å². The van der Waals surface area contributed by atoms with Crippen LogP contribution in [0.2, 0.25) is 0 Å². The maximum Gasteiger partial charge on any atom is 0.410 e. The number of ether oxygens (including phenoxy) is 2. The second-order valence-corrected chi connectivity index (χ2v) is 8.91. The second kappa shape index (κ2) is 9.43. The molecule has 1 aromatic carbocycles. The van der Waals surface area contributed by atoms with Crippen molar-refractivity contribution < 1.29 is 14.3 Å². The van der Waals surface area contributed by atoms with E-state index >= 15 is 0 Å². The van der Waals surface area contributed by atoms with E-state index < -0.39 is 5.60 Å². The molecule has 3 heterocycles. The third kappa shape index (κ3) is 5.39. The number of fused-ring (bicyclic) bond motifs is 1. The van der Waals surface area contributed by atoms with Crippen molar-refractivity contribution in [3.63, 3.8) is 0 Å². The predicted molar refractivity (Wildman–Crippen MR) is 126 cm³/mol. The first-order valence-electron chi connectivity index (χ1n) is 10.9. The van der Waals surface area contributed by atoms with Gasteiger partial charge in [-0.05, 0) is 63.8 Å². The summed E-state index contributed by atoms with van der Waals surface area (Å²) in [6, 6.07) is 7.59. The van der Waals surface area contributed by atoms with E-state index in [-0.39, 0.29) is 12.0 Å². The van der Waals surface area contributed by atoms with E-state index in [1.165, 1.54) is 6.33 Å². The number of piperidine rings is 1. The fourth-order valence-electron chi connectivity index (χ4n) is 3.61. The smallest absolute Gasteiger partial charge is 0.410 e. The largest absolute Gasteiger partial charge is 0.497 e. The molecule has 2 aromatic heterocycles. The summed E-state index contributed by atoms with van der Waals surface area (Å²) in [6.45, 7) is 6.93. The van der Waals surface area contributed by atoms with Crippen molar-refractivity contribution in [1.29, 1.82) is 0 Å². The molecule has 0 spiro atoms. The number of hydrazone groups is 1. The molecule has 0 bridgehead atoms. The van der Waals surface area contributed by atoms with Crippen molar-refractivity contribution in [3.05, 3.63) is 36.8 Å². The fraction of sp³-hybridized carbons (Fsp3) is 0.435. The van der Waals surface area contributed by atoms with E-state index in [4.69, 9.17) is 9.47 Å². The van der Waals surface area contributed by atoms with Gasteiger partial charge in [0.1, 0.15) is 17.7 Å². The summed E-state index contributed by atoms with van der Waals surface area (Å²) in [5, 5.41) is 9.63. The van der Waals surface area contributed by atoms with Crippen LogP contribution in [0.25, 0.3) is 16.7 Å². The van der Waals surface area contributed by atoms with Gasteiger partial charge in [0.15, 0.2) is 11.5 Å². The highest BCUT2D eigenvalue weighted by Crippen LogP contribution is 2.23. The van der Waals surface area contributed by atoms with Crippen molar-refractivity contribution in [1.82, 2.24) is 24.6 Å². The van der Waals surface area contributed by atoms with Crippen molar-refractivity contribution >= 4 is 29.2 Å². The molecule has 1 N–H and O–H groups in total. The summed E-state index contributed by atoms with van der Waals surface area (Å²) in [6.07, 6.45) is 6.50. The molecule has 174 valence electrons. The van der Waals surface area contributed by atoms with Crippen LogP contribution in [0, 0.1) is 5.92 Å². The second-order valence-electron chi connectivity index (χ2n) is 8.91. The topological polar surface area (TPSA) is 107 Å². The van der Waals surface area contributed by atoms with Crippen molar-refractivity contribution in [2.24, 2.45) is 11.0 Å². The van der Waals surface area contributed by atoms with Gasteiger partial charge in [-0.1, -0.05) is 0 Å².